The van der Waals surface area contributed by atoms with E-state index in [1.807, 2.05) is 54.6 Å². The summed E-state index contributed by atoms with van der Waals surface area (Å²) < 4.78 is 0. The van der Waals surface area contributed by atoms with E-state index < -0.39 is 0 Å². The highest BCUT2D eigenvalue weighted by Crippen LogP contribution is 2.22. The molecule has 0 aliphatic rings. The van der Waals surface area contributed by atoms with E-state index in [1.165, 1.54) is 0 Å². The van der Waals surface area contributed by atoms with Gasteiger partial charge >= 0.3 is 7.69 Å². The van der Waals surface area contributed by atoms with Gasteiger partial charge in [-0.1, -0.05) is 48.5 Å². The molecule has 3 nitrogen and oxygen atoms in total. The highest BCUT2D eigenvalue weighted by Gasteiger charge is 2.01. The van der Waals surface area contributed by atoms with Crippen molar-refractivity contribution in [1.82, 2.24) is 0 Å². The molecule has 17 heavy (non-hydrogen) atoms. The molecule has 0 unspecified atom stereocenters. The Balaban J connectivity index is 0.000000437. The summed E-state index contributed by atoms with van der Waals surface area (Å²) in [6, 6.07) is 19.8. The van der Waals surface area contributed by atoms with E-state index in [2.05, 4.69) is 6.07 Å². The normalized spacial score (nSPS) is 8.53. The molecule has 2 rings (SSSR count). The van der Waals surface area contributed by atoms with E-state index >= 15 is 0 Å². The van der Waals surface area contributed by atoms with E-state index in [-0.39, 0.29) is 7.69 Å². The molecule has 1 radical (unpaired) electrons. The third-order valence-corrected chi connectivity index (χ3v) is 2.13. The van der Waals surface area contributed by atoms with Gasteiger partial charge in [0, 0.05) is 0 Å². The van der Waals surface area contributed by atoms with Gasteiger partial charge in [-0.2, -0.15) is 5.26 Å². The van der Waals surface area contributed by atoms with Crippen molar-refractivity contribution in [3.63, 3.8) is 0 Å². The first kappa shape index (κ1) is 13.0. The van der Waals surface area contributed by atoms with E-state index in [4.69, 9.17) is 15.3 Å². The van der Waals surface area contributed by atoms with Crippen LogP contribution < -0.4 is 0 Å². The number of nitriles is 1. The summed E-state index contributed by atoms with van der Waals surface area (Å²) in [4.78, 5) is 0. The first-order chi connectivity index (χ1) is 8.33. The van der Waals surface area contributed by atoms with Crippen LogP contribution in [0.5, 0.6) is 0 Å². The number of hydrogen-bond donors (Lipinski definition) is 2. The summed E-state index contributed by atoms with van der Waals surface area (Å²) in [6.45, 7) is 0. The summed E-state index contributed by atoms with van der Waals surface area (Å²) in [6.07, 6.45) is 0. The highest BCUT2D eigenvalue weighted by molar-refractivity contribution is 6.13. The first-order valence-corrected chi connectivity index (χ1v) is 4.98. The second-order valence-corrected chi connectivity index (χ2v) is 3.14. The topological polar surface area (TPSA) is 64.2 Å². The summed E-state index contributed by atoms with van der Waals surface area (Å²) in [5.74, 6) is 0. The lowest BCUT2D eigenvalue weighted by Crippen LogP contribution is -1.82. The Morgan fingerprint density at radius 2 is 1.41 bits per heavy atom. The molecule has 2 N–H and O–H groups in total. The maximum atomic E-state index is 8.93. The molecule has 0 saturated heterocycles. The Hall–Kier alpha value is -2.09. The standard InChI is InChI=1S/C13H9N.BH2O2/c14-10-12-8-4-5-9-13(12)11-6-2-1-3-7-11;2-1-3/h1-9H;2-3H. The van der Waals surface area contributed by atoms with E-state index in [0.717, 1.165) is 16.7 Å². The Morgan fingerprint density at radius 1 is 0.882 bits per heavy atom. The number of nitrogens with zero attached hydrogens (tertiary/aromatic N) is 1. The van der Waals surface area contributed by atoms with Gasteiger partial charge in [-0.15, -0.1) is 0 Å². The first-order valence-electron chi connectivity index (χ1n) is 4.98. The summed E-state index contributed by atoms with van der Waals surface area (Å²) in [5.41, 5.74) is 2.80. The van der Waals surface area contributed by atoms with Crippen molar-refractivity contribution in [1.29, 1.82) is 5.26 Å². The number of hydrogen-bond acceptors (Lipinski definition) is 3. The van der Waals surface area contributed by atoms with Gasteiger partial charge in [0.2, 0.25) is 0 Å². The molecule has 2 aromatic rings. The molecular weight excluding hydrogens is 213 g/mol. The lowest BCUT2D eigenvalue weighted by molar-refractivity contribution is 0.448. The van der Waals surface area contributed by atoms with Crippen LogP contribution in [0.2, 0.25) is 0 Å². The second kappa shape index (κ2) is 7.23. The fourth-order valence-electron chi connectivity index (χ4n) is 1.45. The molecule has 0 saturated carbocycles. The van der Waals surface area contributed by atoms with Gasteiger partial charge in [-0.25, -0.2) is 0 Å². The monoisotopic (exact) mass is 224 g/mol. The Labute approximate surface area is 101 Å². The van der Waals surface area contributed by atoms with Crippen LogP contribution in [0.4, 0.5) is 0 Å². The average Bonchev–Trinajstić information content (AvgIpc) is 2.40. The SMILES string of the molecule is N#Cc1ccccc1-c1ccccc1.O[B]O. The van der Waals surface area contributed by atoms with E-state index in [0.29, 0.717) is 0 Å². The van der Waals surface area contributed by atoms with Crippen LogP contribution in [0.3, 0.4) is 0 Å². The predicted molar refractivity (Wildman–Crippen MR) is 66.8 cm³/mol. The van der Waals surface area contributed by atoms with Crippen LogP contribution in [-0.4, -0.2) is 17.7 Å². The summed E-state index contributed by atoms with van der Waals surface area (Å²) in [7, 11) is 0. The molecule has 83 valence electrons. The molecule has 0 spiro atoms. The van der Waals surface area contributed by atoms with Crippen molar-refractivity contribution in [2.75, 3.05) is 0 Å². The van der Waals surface area contributed by atoms with Gasteiger partial charge < -0.3 is 10.0 Å². The minimum Gasteiger partial charge on any atom is -0.429 e. The zero-order chi connectivity index (χ0) is 12.5. The molecule has 0 bridgehead atoms. The molecule has 4 heteroatoms. The lowest BCUT2D eigenvalue weighted by Gasteiger charge is -2.02. The fourth-order valence-corrected chi connectivity index (χ4v) is 1.45. The summed E-state index contributed by atoms with van der Waals surface area (Å²) >= 11 is 0. The third-order valence-electron chi connectivity index (χ3n) is 2.13. The van der Waals surface area contributed by atoms with Crippen molar-refractivity contribution < 1.29 is 10.0 Å². The fraction of sp³-hybridized carbons (Fsp3) is 0. The van der Waals surface area contributed by atoms with Gasteiger partial charge in [-0.05, 0) is 17.2 Å². The average molecular weight is 224 g/mol. The minimum atomic E-state index is 0. The number of benzene rings is 2. The van der Waals surface area contributed by atoms with Crippen molar-refractivity contribution in [2.45, 2.75) is 0 Å². The van der Waals surface area contributed by atoms with Gasteiger partial charge in [0.25, 0.3) is 0 Å². The lowest BCUT2D eigenvalue weighted by atomic mass is 10.0. The molecule has 0 atom stereocenters. The molecule has 0 fully saturated rings. The van der Waals surface area contributed by atoms with Crippen molar-refractivity contribution >= 4 is 7.69 Å². The van der Waals surface area contributed by atoms with E-state index in [9.17, 15) is 0 Å². The molecular formula is C13H11BNO2. The molecule has 0 aromatic heterocycles. The van der Waals surface area contributed by atoms with Gasteiger partial charge in [-0.3, -0.25) is 0 Å². The van der Waals surface area contributed by atoms with Gasteiger partial charge in [0.1, 0.15) is 0 Å². The quantitative estimate of drug-likeness (QED) is 0.725. The largest absolute Gasteiger partial charge is 0.482 e. The smallest absolute Gasteiger partial charge is 0.429 e. The maximum absolute atomic E-state index is 8.93. The maximum Gasteiger partial charge on any atom is 0.482 e. The predicted octanol–water partition coefficient (Wildman–Crippen LogP) is 1.73. The van der Waals surface area contributed by atoms with Crippen LogP contribution in [0.1, 0.15) is 5.56 Å². The second-order valence-electron chi connectivity index (χ2n) is 3.14. The third kappa shape index (κ3) is 3.76. The van der Waals surface area contributed by atoms with Crippen LogP contribution in [0, 0.1) is 11.3 Å². The van der Waals surface area contributed by atoms with E-state index in [1.54, 1.807) is 0 Å². The minimum absolute atomic E-state index is 0. The molecule has 0 aliphatic heterocycles. The van der Waals surface area contributed by atoms with Crippen molar-refractivity contribution in [2.24, 2.45) is 0 Å². The molecule has 0 aliphatic carbocycles. The number of rotatable bonds is 1. The Kier molecular flexibility index (Phi) is 5.52. The van der Waals surface area contributed by atoms with Gasteiger partial charge in [0.05, 0.1) is 11.6 Å². The highest BCUT2D eigenvalue weighted by atomic mass is 16.4. The zero-order valence-electron chi connectivity index (χ0n) is 9.12. The Bertz CT molecular complexity index is 494. The summed E-state index contributed by atoms with van der Waals surface area (Å²) in [5, 5.41) is 22.9. The molecule has 0 amide bonds. The van der Waals surface area contributed by atoms with Crippen LogP contribution in [-0.2, 0) is 0 Å². The van der Waals surface area contributed by atoms with Crippen LogP contribution in [0.15, 0.2) is 54.6 Å². The zero-order valence-corrected chi connectivity index (χ0v) is 9.12. The Morgan fingerprint density at radius 3 is 2.00 bits per heavy atom. The molecule has 2 aromatic carbocycles. The van der Waals surface area contributed by atoms with Crippen LogP contribution in [0.25, 0.3) is 11.1 Å². The van der Waals surface area contributed by atoms with Crippen molar-refractivity contribution in [3.05, 3.63) is 60.2 Å². The molecule has 0 heterocycles. The van der Waals surface area contributed by atoms with Crippen LogP contribution >= 0.6 is 0 Å². The van der Waals surface area contributed by atoms with Gasteiger partial charge in [0.15, 0.2) is 0 Å². The van der Waals surface area contributed by atoms with Crippen molar-refractivity contribution in [3.8, 4) is 17.2 Å².